The van der Waals surface area contributed by atoms with Gasteiger partial charge in [-0.1, -0.05) is 114 Å². The van der Waals surface area contributed by atoms with Gasteiger partial charge in [0.05, 0.1) is 12.2 Å². The monoisotopic (exact) mass is 594 g/mol. The third kappa shape index (κ3) is 5.87. The Bertz CT molecular complexity index is 1820. The molecule has 0 heterocycles. The number of benzene rings is 4. The van der Waals surface area contributed by atoms with Gasteiger partial charge in [0.25, 0.3) is 0 Å². The van der Waals surface area contributed by atoms with Gasteiger partial charge in [-0.05, 0) is 127 Å². The SMILES string of the molecule is CC1=Cc2cccc(CC3=Cc4ccc(C)cc4C3)c2C1.COC1c2cccc(CC3Cc4cc(C)ccc4C3O)c2CC1C. The third-order valence-electron chi connectivity index (χ3n) is 10.6. The number of allylic oxidation sites excluding steroid dienone is 2. The van der Waals surface area contributed by atoms with Gasteiger partial charge in [-0.15, -0.1) is 0 Å². The van der Waals surface area contributed by atoms with E-state index in [1.165, 1.54) is 61.2 Å². The Morgan fingerprint density at radius 2 is 1.49 bits per heavy atom. The average Bonchev–Trinajstić information content (AvgIpc) is 3.76. The van der Waals surface area contributed by atoms with E-state index in [0.29, 0.717) is 5.92 Å². The summed E-state index contributed by atoms with van der Waals surface area (Å²) in [4.78, 5) is 0. The minimum absolute atomic E-state index is 0.216. The zero-order valence-electron chi connectivity index (χ0n) is 27.5. The third-order valence-corrected chi connectivity index (χ3v) is 10.6. The van der Waals surface area contributed by atoms with Crippen molar-refractivity contribution >= 4 is 12.2 Å². The number of rotatable bonds is 5. The largest absolute Gasteiger partial charge is 0.388 e. The molecule has 230 valence electrons. The molecular weight excluding hydrogens is 548 g/mol. The van der Waals surface area contributed by atoms with Crippen molar-refractivity contribution in [2.45, 2.75) is 78.4 Å². The zero-order valence-corrected chi connectivity index (χ0v) is 27.5. The lowest BCUT2D eigenvalue weighted by atomic mass is 9.90. The second kappa shape index (κ2) is 12.2. The Labute approximate surface area is 269 Å². The molecule has 0 saturated heterocycles. The Hall–Kier alpha value is -3.72. The van der Waals surface area contributed by atoms with Crippen molar-refractivity contribution in [1.29, 1.82) is 0 Å². The van der Waals surface area contributed by atoms with Gasteiger partial charge >= 0.3 is 0 Å². The summed E-state index contributed by atoms with van der Waals surface area (Å²) in [5.74, 6) is 0.810. The van der Waals surface area contributed by atoms with Crippen LogP contribution >= 0.6 is 0 Å². The first kappa shape index (κ1) is 30.0. The molecule has 0 aliphatic heterocycles. The van der Waals surface area contributed by atoms with Crippen molar-refractivity contribution in [1.82, 2.24) is 0 Å². The van der Waals surface area contributed by atoms with Gasteiger partial charge in [-0.3, -0.25) is 0 Å². The van der Waals surface area contributed by atoms with Gasteiger partial charge < -0.3 is 9.84 Å². The number of methoxy groups -OCH3 is 1. The maximum absolute atomic E-state index is 10.8. The minimum atomic E-state index is -0.339. The van der Waals surface area contributed by atoms with Crippen molar-refractivity contribution in [3.8, 4) is 0 Å². The second-order valence-corrected chi connectivity index (χ2v) is 14.1. The number of aliphatic hydroxyl groups excluding tert-OH is 1. The van der Waals surface area contributed by atoms with Crippen molar-refractivity contribution in [3.05, 3.63) is 151 Å². The molecule has 2 nitrogen and oxygen atoms in total. The average molecular weight is 595 g/mol. The lowest BCUT2D eigenvalue weighted by Gasteiger charge is -2.18. The smallest absolute Gasteiger partial charge is 0.0852 e. The Morgan fingerprint density at radius 1 is 0.733 bits per heavy atom. The summed E-state index contributed by atoms with van der Waals surface area (Å²) < 4.78 is 5.71. The number of hydrogen-bond acceptors (Lipinski definition) is 2. The highest BCUT2D eigenvalue weighted by Crippen LogP contribution is 2.43. The van der Waals surface area contributed by atoms with Crippen LogP contribution in [0, 0.1) is 25.7 Å². The van der Waals surface area contributed by atoms with E-state index in [1.807, 2.05) is 7.11 Å². The van der Waals surface area contributed by atoms with Crippen LogP contribution < -0.4 is 0 Å². The molecule has 0 amide bonds. The van der Waals surface area contributed by atoms with Gasteiger partial charge in [0.15, 0.2) is 0 Å². The summed E-state index contributed by atoms with van der Waals surface area (Å²) in [5, 5.41) is 10.8. The number of aliphatic hydroxyl groups is 1. The van der Waals surface area contributed by atoms with Crippen LogP contribution in [0.1, 0.15) is 92.8 Å². The number of hydrogen-bond donors (Lipinski definition) is 1. The predicted molar refractivity (Wildman–Crippen MR) is 186 cm³/mol. The normalized spacial score (nSPS) is 22.2. The highest BCUT2D eigenvalue weighted by atomic mass is 16.5. The van der Waals surface area contributed by atoms with Crippen LogP contribution in [0.25, 0.3) is 12.2 Å². The van der Waals surface area contributed by atoms with E-state index in [-0.39, 0.29) is 18.1 Å². The molecule has 4 aliphatic carbocycles. The first-order valence-corrected chi connectivity index (χ1v) is 16.7. The van der Waals surface area contributed by atoms with E-state index in [2.05, 4.69) is 113 Å². The summed E-state index contributed by atoms with van der Waals surface area (Å²) in [6, 6.07) is 26.6. The lowest BCUT2D eigenvalue weighted by molar-refractivity contribution is 0.0695. The fourth-order valence-electron chi connectivity index (χ4n) is 8.44. The van der Waals surface area contributed by atoms with Gasteiger partial charge in [-0.25, -0.2) is 0 Å². The molecule has 0 aromatic heterocycles. The molecule has 1 N–H and O–H groups in total. The topological polar surface area (TPSA) is 29.5 Å². The summed E-state index contributed by atoms with van der Waals surface area (Å²) in [7, 11) is 1.81. The molecule has 0 bridgehead atoms. The molecule has 4 aliphatic rings. The second-order valence-electron chi connectivity index (χ2n) is 14.1. The molecule has 4 aromatic rings. The van der Waals surface area contributed by atoms with Crippen LogP contribution in [-0.2, 0) is 43.3 Å². The molecule has 0 radical (unpaired) electrons. The summed E-state index contributed by atoms with van der Waals surface area (Å²) in [6.07, 6.45) is 11.0. The molecule has 0 spiro atoms. The quantitative estimate of drug-likeness (QED) is 0.249. The molecular formula is C43H46O2. The van der Waals surface area contributed by atoms with E-state index in [4.69, 9.17) is 4.74 Å². The van der Waals surface area contributed by atoms with Crippen molar-refractivity contribution < 1.29 is 9.84 Å². The molecule has 0 fully saturated rings. The van der Waals surface area contributed by atoms with Gasteiger partial charge in [0.1, 0.15) is 0 Å². The maximum Gasteiger partial charge on any atom is 0.0852 e. The summed E-state index contributed by atoms with van der Waals surface area (Å²) >= 11 is 0. The maximum atomic E-state index is 10.8. The van der Waals surface area contributed by atoms with Crippen LogP contribution in [0.5, 0.6) is 0 Å². The van der Waals surface area contributed by atoms with E-state index >= 15 is 0 Å². The summed E-state index contributed by atoms with van der Waals surface area (Å²) in [5.41, 5.74) is 19.7. The standard InChI is InChI=1S/C22H26O2.C21H20/c1-13-7-8-18-16(9-13)12-17(21(18)23)11-15-5-4-6-19-20(15)10-14(2)22(19)24-3;1-14-6-7-17-11-16(13-20(17)8-14)12-19-5-3-4-18-9-15(2)10-21(18)19/h4-9,14,17,21-23H,10-12H2,1-3H3;3-9,11H,10,12-13H2,1-2H3. The molecule has 0 saturated carbocycles. The fraction of sp³-hybridized carbons (Fsp3) is 0.349. The number of ether oxygens (including phenoxy) is 1. The lowest BCUT2D eigenvalue weighted by Crippen LogP contribution is -2.12. The number of fused-ring (bicyclic) bond motifs is 4. The van der Waals surface area contributed by atoms with Gasteiger partial charge in [0.2, 0.25) is 0 Å². The minimum Gasteiger partial charge on any atom is -0.388 e. The van der Waals surface area contributed by atoms with E-state index in [1.54, 1.807) is 11.1 Å². The van der Waals surface area contributed by atoms with E-state index in [9.17, 15) is 5.11 Å². The number of aryl methyl sites for hydroxylation is 2. The highest BCUT2D eigenvalue weighted by molar-refractivity contribution is 5.68. The van der Waals surface area contributed by atoms with Crippen molar-refractivity contribution in [3.63, 3.8) is 0 Å². The van der Waals surface area contributed by atoms with Gasteiger partial charge in [0, 0.05) is 7.11 Å². The van der Waals surface area contributed by atoms with Crippen LogP contribution in [0.15, 0.2) is 83.9 Å². The zero-order chi connectivity index (χ0) is 31.2. The van der Waals surface area contributed by atoms with Crippen LogP contribution in [0.4, 0.5) is 0 Å². The van der Waals surface area contributed by atoms with Crippen LogP contribution in [0.3, 0.4) is 0 Å². The molecule has 2 heteroatoms. The van der Waals surface area contributed by atoms with Crippen molar-refractivity contribution in [2.75, 3.05) is 7.11 Å². The molecule has 4 atom stereocenters. The molecule has 8 rings (SSSR count). The Balaban J connectivity index is 0.000000146. The van der Waals surface area contributed by atoms with E-state index in [0.717, 1.165) is 44.1 Å². The molecule has 45 heavy (non-hydrogen) atoms. The molecule has 4 aromatic carbocycles. The first-order valence-electron chi connectivity index (χ1n) is 16.7. The van der Waals surface area contributed by atoms with Crippen LogP contribution in [-0.4, -0.2) is 12.2 Å². The van der Waals surface area contributed by atoms with E-state index < -0.39 is 0 Å². The Kier molecular flexibility index (Phi) is 8.14. The predicted octanol–water partition coefficient (Wildman–Crippen LogP) is 9.46. The van der Waals surface area contributed by atoms with Crippen LogP contribution in [0.2, 0.25) is 0 Å². The molecule has 4 unspecified atom stereocenters. The first-order chi connectivity index (χ1) is 21.8. The van der Waals surface area contributed by atoms with Gasteiger partial charge in [-0.2, -0.15) is 0 Å². The fourth-order valence-corrected chi connectivity index (χ4v) is 8.44. The highest BCUT2D eigenvalue weighted by Gasteiger charge is 2.34. The Morgan fingerprint density at radius 3 is 2.31 bits per heavy atom. The summed E-state index contributed by atoms with van der Waals surface area (Å²) in [6.45, 7) is 8.80. The van der Waals surface area contributed by atoms with Crippen molar-refractivity contribution in [2.24, 2.45) is 11.8 Å².